The van der Waals surface area contributed by atoms with E-state index < -0.39 is 11.6 Å². The molecule has 0 bridgehead atoms. The first-order valence-electron chi connectivity index (χ1n) is 9.01. The van der Waals surface area contributed by atoms with Crippen molar-refractivity contribution < 1.29 is 4.79 Å². The van der Waals surface area contributed by atoms with E-state index in [0.29, 0.717) is 17.5 Å². The van der Waals surface area contributed by atoms with Crippen LogP contribution in [0.25, 0.3) is 10.6 Å². The van der Waals surface area contributed by atoms with Crippen molar-refractivity contribution in [3.05, 3.63) is 33.4 Å². The highest BCUT2D eigenvalue weighted by Crippen LogP contribution is 2.27. The molecule has 1 fully saturated rings. The van der Waals surface area contributed by atoms with Gasteiger partial charge in [-0.05, 0) is 50.3 Å². The second-order valence-electron chi connectivity index (χ2n) is 7.51. The van der Waals surface area contributed by atoms with Gasteiger partial charge in [0, 0.05) is 18.0 Å². The molecule has 0 aliphatic carbocycles. The number of nitrogens with two attached hydrogens (primary N) is 1. The summed E-state index contributed by atoms with van der Waals surface area (Å²) in [7, 11) is 0. The number of aromatic nitrogens is 2. The Labute approximate surface area is 157 Å². The van der Waals surface area contributed by atoms with Crippen LogP contribution in [0.5, 0.6) is 0 Å². The maximum Gasteiger partial charge on any atom is 0.290 e. The zero-order valence-corrected chi connectivity index (χ0v) is 16.5. The summed E-state index contributed by atoms with van der Waals surface area (Å²) in [5.74, 6) is 0.854. The Kier molecular flexibility index (Phi) is 5.18. The lowest BCUT2D eigenvalue weighted by Gasteiger charge is -2.36. The SMILES string of the molecule is Cc1ccc(-c2cc(N)c(=O)n(C(C)C(=O)N3CC(C)CC(C)C3)n2)s1. The van der Waals surface area contributed by atoms with E-state index in [2.05, 4.69) is 18.9 Å². The van der Waals surface area contributed by atoms with Gasteiger partial charge < -0.3 is 10.6 Å². The molecule has 2 aromatic rings. The number of rotatable bonds is 3. The monoisotopic (exact) mass is 374 g/mol. The standard InChI is InChI=1S/C19H26N4O2S/c1-11-7-12(2)10-22(9-11)18(24)14(4)23-19(25)15(20)8-16(21-23)17-6-5-13(3)26-17/h5-6,8,11-12,14H,7,9-10,20H2,1-4H3. The predicted octanol–water partition coefficient (Wildman–Crippen LogP) is 2.93. The number of anilines is 1. The fourth-order valence-corrected chi connectivity index (χ4v) is 4.52. The maximum atomic E-state index is 13.0. The number of thiophene rings is 1. The van der Waals surface area contributed by atoms with Gasteiger partial charge >= 0.3 is 0 Å². The van der Waals surface area contributed by atoms with Crippen LogP contribution in [-0.2, 0) is 4.79 Å². The largest absolute Gasteiger partial charge is 0.394 e. The van der Waals surface area contributed by atoms with Crippen molar-refractivity contribution in [3.8, 4) is 10.6 Å². The third kappa shape index (κ3) is 3.67. The number of hydrogen-bond acceptors (Lipinski definition) is 5. The van der Waals surface area contributed by atoms with E-state index in [1.165, 1.54) is 4.68 Å². The van der Waals surface area contributed by atoms with Crippen LogP contribution < -0.4 is 11.3 Å². The highest BCUT2D eigenvalue weighted by molar-refractivity contribution is 7.15. The van der Waals surface area contributed by atoms with E-state index in [1.807, 2.05) is 24.0 Å². The quantitative estimate of drug-likeness (QED) is 0.896. The second kappa shape index (κ2) is 7.23. The van der Waals surface area contributed by atoms with Crippen molar-refractivity contribution in [1.29, 1.82) is 0 Å². The summed E-state index contributed by atoms with van der Waals surface area (Å²) in [4.78, 5) is 29.5. The minimum Gasteiger partial charge on any atom is -0.394 e. The number of carbonyl (C=O) groups excluding carboxylic acids is 1. The molecule has 1 amide bonds. The lowest BCUT2D eigenvalue weighted by Crippen LogP contribution is -2.47. The van der Waals surface area contributed by atoms with Gasteiger partial charge in [-0.15, -0.1) is 11.3 Å². The minimum absolute atomic E-state index is 0.0723. The molecule has 140 valence electrons. The Morgan fingerprint density at radius 2 is 1.96 bits per heavy atom. The average molecular weight is 375 g/mol. The molecule has 7 heteroatoms. The average Bonchev–Trinajstić information content (AvgIpc) is 3.01. The molecule has 2 N–H and O–H groups in total. The summed E-state index contributed by atoms with van der Waals surface area (Å²) in [6.07, 6.45) is 1.12. The van der Waals surface area contributed by atoms with Crippen molar-refractivity contribution in [3.63, 3.8) is 0 Å². The molecular formula is C19H26N4O2S. The van der Waals surface area contributed by atoms with Gasteiger partial charge in [-0.1, -0.05) is 13.8 Å². The fourth-order valence-electron chi connectivity index (χ4n) is 3.70. The molecule has 1 saturated heterocycles. The van der Waals surface area contributed by atoms with Gasteiger partial charge in [0.05, 0.1) is 4.88 Å². The van der Waals surface area contributed by atoms with Crippen LogP contribution in [0.1, 0.15) is 38.1 Å². The van der Waals surface area contributed by atoms with Crippen LogP contribution in [0.2, 0.25) is 0 Å². The first-order chi connectivity index (χ1) is 12.3. The van der Waals surface area contributed by atoms with Gasteiger partial charge in [-0.2, -0.15) is 5.10 Å². The van der Waals surface area contributed by atoms with Gasteiger partial charge in [0.2, 0.25) is 5.91 Å². The molecule has 0 aromatic carbocycles. The summed E-state index contributed by atoms with van der Waals surface area (Å²) in [6.45, 7) is 9.50. The van der Waals surface area contributed by atoms with E-state index in [4.69, 9.17) is 5.73 Å². The van der Waals surface area contributed by atoms with E-state index in [-0.39, 0.29) is 11.6 Å². The molecule has 3 rings (SSSR count). The molecule has 6 nitrogen and oxygen atoms in total. The summed E-state index contributed by atoms with van der Waals surface area (Å²) in [5, 5.41) is 4.46. The Balaban J connectivity index is 1.93. The van der Waals surface area contributed by atoms with Crippen molar-refractivity contribution >= 4 is 22.9 Å². The van der Waals surface area contributed by atoms with Crippen molar-refractivity contribution in [2.75, 3.05) is 18.8 Å². The number of aryl methyl sites for hydroxylation is 1. The lowest BCUT2D eigenvalue weighted by molar-refractivity contribution is -0.137. The van der Waals surface area contributed by atoms with Crippen LogP contribution in [0.4, 0.5) is 5.69 Å². The van der Waals surface area contributed by atoms with E-state index in [0.717, 1.165) is 29.3 Å². The van der Waals surface area contributed by atoms with Crippen LogP contribution in [0.3, 0.4) is 0 Å². The number of nitrogens with zero attached hydrogens (tertiary/aromatic N) is 3. The summed E-state index contributed by atoms with van der Waals surface area (Å²) >= 11 is 1.58. The zero-order valence-electron chi connectivity index (χ0n) is 15.7. The number of amides is 1. The Hall–Kier alpha value is -2.15. The normalized spacial score (nSPS) is 21.6. The first-order valence-corrected chi connectivity index (χ1v) is 9.82. The summed E-state index contributed by atoms with van der Waals surface area (Å²) in [6, 6.07) is 4.87. The van der Waals surface area contributed by atoms with Crippen LogP contribution in [0, 0.1) is 18.8 Å². The number of likely N-dealkylation sites (tertiary alicyclic amines) is 1. The van der Waals surface area contributed by atoms with Crippen molar-refractivity contribution in [2.24, 2.45) is 11.8 Å². The lowest BCUT2D eigenvalue weighted by atomic mass is 9.91. The molecule has 26 heavy (non-hydrogen) atoms. The molecule has 0 saturated carbocycles. The highest BCUT2D eigenvalue weighted by Gasteiger charge is 2.30. The Morgan fingerprint density at radius 1 is 1.31 bits per heavy atom. The topological polar surface area (TPSA) is 81.2 Å². The zero-order chi connectivity index (χ0) is 19.0. The highest BCUT2D eigenvalue weighted by atomic mass is 32.1. The van der Waals surface area contributed by atoms with Gasteiger partial charge in [0.1, 0.15) is 17.4 Å². The van der Waals surface area contributed by atoms with E-state index in [9.17, 15) is 9.59 Å². The van der Waals surface area contributed by atoms with Crippen LogP contribution in [-0.4, -0.2) is 33.7 Å². The fraction of sp³-hybridized carbons (Fsp3) is 0.526. The second-order valence-corrected chi connectivity index (χ2v) is 8.80. The molecule has 2 aromatic heterocycles. The van der Waals surface area contributed by atoms with Crippen LogP contribution >= 0.6 is 11.3 Å². The maximum absolute atomic E-state index is 13.0. The number of nitrogen functional groups attached to an aromatic ring is 1. The molecule has 3 unspecified atom stereocenters. The van der Waals surface area contributed by atoms with E-state index >= 15 is 0 Å². The van der Waals surface area contributed by atoms with Crippen LogP contribution in [0.15, 0.2) is 23.0 Å². The molecule has 0 spiro atoms. The molecular weight excluding hydrogens is 348 g/mol. The summed E-state index contributed by atoms with van der Waals surface area (Å²) < 4.78 is 1.24. The number of piperidine rings is 1. The van der Waals surface area contributed by atoms with Gasteiger partial charge in [0.15, 0.2) is 0 Å². The Morgan fingerprint density at radius 3 is 2.54 bits per heavy atom. The van der Waals surface area contributed by atoms with Gasteiger partial charge in [0.25, 0.3) is 5.56 Å². The third-order valence-electron chi connectivity index (χ3n) is 4.86. The van der Waals surface area contributed by atoms with Crippen molar-refractivity contribution in [2.45, 2.75) is 40.2 Å². The van der Waals surface area contributed by atoms with Crippen molar-refractivity contribution in [1.82, 2.24) is 14.7 Å². The first kappa shape index (κ1) is 18.6. The third-order valence-corrected chi connectivity index (χ3v) is 5.88. The number of carbonyl (C=O) groups is 1. The molecule has 0 radical (unpaired) electrons. The molecule has 3 atom stereocenters. The molecule has 1 aliphatic heterocycles. The Bertz CT molecular complexity index is 863. The molecule has 3 heterocycles. The smallest absolute Gasteiger partial charge is 0.290 e. The van der Waals surface area contributed by atoms with E-state index in [1.54, 1.807) is 24.3 Å². The molecule has 1 aliphatic rings. The predicted molar refractivity (Wildman–Crippen MR) is 105 cm³/mol. The van der Waals surface area contributed by atoms with Gasteiger partial charge in [-0.3, -0.25) is 9.59 Å². The summed E-state index contributed by atoms with van der Waals surface area (Å²) in [5.41, 5.74) is 6.25. The van der Waals surface area contributed by atoms with Gasteiger partial charge in [-0.25, -0.2) is 4.68 Å². The number of hydrogen-bond donors (Lipinski definition) is 1. The minimum atomic E-state index is -0.677.